The quantitative estimate of drug-likeness (QED) is 0.646. The Hall–Kier alpha value is -2.42. The summed E-state index contributed by atoms with van der Waals surface area (Å²) in [6.45, 7) is 0.306. The van der Waals surface area contributed by atoms with Gasteiger partial charge in [0, 0.05) is 12.8 Å². The molecule has 2 aromatic carbocycles. The van der Waals surface area contributed by atoms with Crippen molar-refractivity contribution in [3.63, 3.8) is 0 Å². The van der Waals surface area contributed by atoms with E-state index in [-0.39, 0.29) is 5.71 Å². The van der Waals surface area contributed by atoms with Crippen LogP contribution in [0.5, 0.6) is 0 Å². The number of hydrogen-bond donors (Lipinski definition) is 1. The third-order valence-corrected chi connectivity index (χ3v) is 2.94. The summed E-state index contributed by atoms with van der Waals surface area (Å²) in [6.07, 6.45) is 0.982. The van der Waals surface area contributed by atoms with Crippen molar-refractivity contribution in [2.75, 3.05) is 6.61 Å². The Morgan fingerprint density at radius 2 is 1.45 bits per heavy atom. The van der Waals surface area contributed by atoms with Gasteiger partial charge in [-0.05, 0) is 11.1 Å². The first kappa shape index (κ1) is 14.0. The molecule has 0 saturated carbocycles. The number of hydrogen-bond acceptors (Lipinski definition) is 3. The minimum absolute atomic E-state index is 0.00994. The van der Waals surface area contributed by atoms with Crippen LogP contribution in [0.25, 0.3) is 0 Å². The van der Waals surface area contributed by atoms with E-state index in [1.807, 2.05) is 60.7 Å². The van der Waals surface area contributed by atoms with Crippen LogP contribution in [0.2, 0.25) is 0 Å². The molecule has 1 N–H and O–H groups in total. The molecule has 0 radical (unpaired) electrons. The van der Waals surface area contributed by atoms with E-state index in [1.54, 1.807) is 0 Å². The number of carbonyl (C=O) groups is 1. The fourth-order valence-corrected chi connectivity index (χ4v) is 1.87. The fraction of sp³-hybridized carbons (Fsp3) is 0.176. The Morgan fingerprint density at radius 3 is 2.05 bits per heavy atom. The molecule has 2 rings (SSSR count). The number of rotatable bonds is 6. The Morgan fingerprint density at radius 1 is 0.900 bits per heavy atom. The maximum Gasteiger partial charge on any atom is 0.352 e. The van der Waals surface area contributed by atoms with Crippen molar-refractivity contribution >= 4 is 11.7 Å². The average Bonchev–Trinajstić information content (AvgIpc) is 2.49. The molecule has 0 heterocycles. The second kappa shape index (κ2) is 7.24. The van der Waals surface area contributed by atoms with Crippen molar-refractivity contribution in [2.45, 2.75) is 12.8 Å². The SMILES string of the molecule is N=C(Cc1ccccc1)C(=O)OCCc1ccccc1. The monoisotopic (exact) mass is 267 g/mol. The zero-order chi connectivity index (χ0) is 14.2. The molecule has 102 valence electrons. The van der Waals surface area contributed by atoms with Crippen LogP contribution in [0.15, 0.2) is 60.7 Å². The van der Waals surface area contributed by atoms with Crippen LogP contribution in [-0.4, -0.2) is 18.3 Å². The molecule has 3 heteroatoms. The molecular weight excluding hydrogens is 250 g/mol. The lowest BCUT2D eigenvalue weighted by molar-refractivity contribution is -0.135. The van der Waals surface area contributed by atoms with Crippen molar-refractivity contribution in [3.8, 4) is 0 Å². The molecule has 0 aliphatic rings. The van der Waals surface area contributed by atoms with Crippen LogP contribution in [-0.2, 0) is 22.4 Å². The second-order valence-corrected chi connectivity index (χ2v) is 4.51. The molecule has 3 nitrogen and oxygen atoms in total. The van der Waals surface area contributed by atoms with Crippen LogP contribution in [0, 0.1) is 5.41 Å². The number of nitrogens with one attached hydrogen (secondary N) is 1. The molecule has 0 aliphatic heterocycles. The lowest BCUT2D eigenvalue weighted by Crippen LogP contribution is -2.20. The molecule has 2 aromatic rings. The molecule has 0 aliphatic carbocycles. The zero-order valence-corrected chi connectivity index (χ0v) is 11.2. The number of ether oxygens (including phenoxy) is 1. The van der Waals surface area contributed by atoms with Crippen LogP contribution >= 0.6 is 0 Å². The summed E-state index contributed by atoms with van der Waals surface area (Å²) in [4.78, 5) is 11.7. The molecule has 0 fully saturated rings. The molecule has 0 bridgehead atoms. The number of esters is 1. The van der Waals surface area contributed by atoms with Crippen LogP contribution in [0.1, 0.15) is 11.1 Å². The largest absolute Gasteiger partial charge is 0.461 e. The van der Waals surface area contributed by atoms with E-state index in [9.17, 15) is 4.79 Å². The molecule has 0 atom stereocenters. The van der Waals surface area contributed by atoms with E-state index in [0.29, 0.717) is 19.4 Å². The normalized spacial score (nSPS) is 10.0. The third kappa shape index (κ3) is 4.35. The first-order valence-electron chi connectivity index (χ1n) is 6.58. The first-order valence-corrected chi connectivity index (χ1v) is 6.58. The summed E-state index contributed by atoms with van der Waals surface area (Å²) in [7, 11) is 0. The van der Waals surface area contributed by atoms with Crippen LogP contribution in [0.3, 0.4) is 0 Å². The highest BCUT2D eigenvalue weighted by Gasteiger charge is 2.11. The first-order chi connectivity index (χ1) is 9.75. The maximum absolute atomic E-state index is 11.7. The summed E-state index contributed by atoms with van der Waals surface area (Å²) >= 11 is 0. The van der Waals surface area contributed by atoms with Crippen LogP contribution in [0.4, 0.5) is 0 Å². The van der Waals surface area contributed by atoms with Gasteiger partial charge >= 0.3 is 5.97 Å². The van der Waals surface area contributed by atoms with E-state index < -0.39 is 5.97 Å². The highest BCUT2D eigenvalue weighted by molar-refractivity contribution is 6.35. The minimum atomic E-state index is -0.537. The molecule has 0 aromatic heterocycles. The van der Waals surface area contributed by atoms with Gasteiger partial charge in [-0.15, -0.1) is 0 Å². The van der Waals surface area contributed by atoms with Crippen molar-refractivity contribution in [2.24, 2.45) is 0 Å². The smallest absolute Gasteiger partial charge is 0.352 e. The van der Waals surface area contributed by atoms with Gasteiger partial charge in [0.15, 0.2) is 0 Å². The number of carbonyl (C=O) groups excluding carboxylic acids is 1. The molecule has 20 heavy (non-hydrogen) atoms. The van der Waals surface area contributed by atoms with Gasteiger partial charge in [-0.2, -0.15) is 0 Å². The van der Waals surface area contributed by atoms with Crippen molar-refractivity contribution in [1.29, 1.82) is 5.41 Å². The lowest BCUT2D eigenvalue weighted by Gasteiger charge is -2.06. The van der Waals surface area contributed by atoms with Gasteiger partial charge in [0.05, 0.1) is 6.61 Å². The predicted octanol–water partition coefficient (Wildman–Crippen LogP) is 3.03. The standard InChI is InChI=1S/C17H17NO2/c18-16(13-15-9-5-2-6-10-15)17(19)20-12-11-14-7-3-1-4-8-14/h1-10,18H,11-13H2. The van der Waals surface area contributed by atoms with Crippen LogP contribution < -0.4 is 0 Å². The topological polar surface area (TPSA) is 50.2 Å². The summed E-state index contributed by atoms with van der Waals surface area (Å²) in [5.41, 5.74) is 2.05. The Labute approximate surface area is 118 Å². The summed E-state index contributed by atoms with van der Waals surface area (Å²) in [5.74, 6) is -0.537. The van der Waals surface area contributed by atoms with Gasteiger partial charge in [-0.1, -0.05) is 60.7 Å². The van der Waals surface area contributed by atoms with Gasteiger partial charge in [0.1, 0.15) is 5.71 Å². The van der Waals surface area contributed by atoms with E-state index in [0.717, 1.165) is 11.1 Å². The van der Waals surface area contributed by atoms with E-state index in [2.05, 4.69) is 0 Å². The van der Waals surface area contributed by atoms with Crippen molar-refractivity contribution in [3.05, 3.63) is 71.8 Å². The van der Waals surface area contributed by atoms with Crippen molar-refractivity contribution < 1.29 is 9.53 Å². The predicted molar refractivity (Wildman–Crippen MR) is 79.0 cm³/mol. The molecule has 0 spiro atoms. The molecular formula is C17H17NO2. The third-order valence-electron chi connectivity index (χ3n) is 2.94. The molecule has 0 saturated heterocycles. The Bertz CT molecular complexity index is 564. The molecule has 0 amide bonds. The maximum atomic E-state index is 11.7. The summed E-state index contributed by atoms with van der Waals surface area (Å²) < 4.78 is 5.12. The summed E-state index contributed by atoms with van der Waals surface area (Å²) in [5, 5.41) is 7.74. The zero-order valence-electron chi connectivity index (χ0n) is 11.2. The summed E-state index contributed by atoms with van der Waals surface area (Å²) in [6, 6.07) is 19.3. The average molecular weight is 267 g/mol. The van der Waals surface area contributed by atoms with Crippen molar-refractivity contribution in [1.82, 2.24) is 0 Å². The second-order valence-electron chi connectivity index (χ2n) is 4.51. The van der Waals surface area contributed by atoms with E-state index in [1.165, 1.54) is 0 Å². The van der Waals surface area contributed by atoms with Gasteiger partial charge < -0.3 is 4.74 Å². The Balaban J connectivity index is 1.76. The fourth-order valence-electron chi connectivity index (χ4n) is 1.87. The van der Waals surface area contributed by atoms with E-state index >= 15 is 0 Å². The lowest BCUT2D eigenvalue weighted by atomic mass is 10.1. The highest BCUT2D eigenvalue weighted by Crippen LogP contribution is 2.03. The highest BCUT2D eigenvalue weighted by atomic mass is 16.5. The molecule has 0 unspecified atom stereocenters. The van der Waals surface area contributed by atoms with E-state index in [4.69, 9.17) is 10.1 Å². The van der Waals surface area contributed by atoms with Gasteiger partial charge in [0.2, 0.25) is 0 Å². The van der Waals surface area contributed by atoms with Gasteiger partial charge in [-0.25, -0.2) is 4.79 Å². The Kier molecular flexibility index (Phi) is 5.07. The van der Waals surface area contributed by atoms with Gasteiger partial charge in [-0.3, -0.25) is 5.41 Å². The minimum Gasteiger partial charge on any atom is -0.461 e. The van der Waals surface area contributed by atoms with Gasteiger partial charge in [0.25, 0.3) is 0 Å². The number of benzene rings is 2.